The molecule has 0 saturated heterocycles. The predicted octanol–water partition coefficient (Wildman–Crippen LogP) is 3.23. The molecule has 0 aromatic heterocycles. The van der Waals surface area contributed by atoms with Gasteiger partial charge in [-0.15, -0.1) is 6.58 Å². The summed E-state index contributed by atoms with van der Waals surface area (Å²) < 4.78 is 0. The average molecular weight is 196 g/mol. The highest BCUT2D eigenvalue weighted by atomic mass is 16.4. The van der Waals surface area contributed by atoms with Gasteiger partial charge in [-0.2, -0.15) is 0 Å². The summed E-state index contributed by atoms with van der Waals surface area (Å²) >= 11 is 0. The Morgan fingerprint density at radius 2 is 1.64 bits per heavy atom. The smallest absolute Gasteiger partial charge is 0.303 e. The number of carboxylic acid groups (broad SMARTS) is 1. The van der Waals surface area contributed by atoms with Crippen LogP contribution in [0, 0.1) is 11.8 Å². The van der Waals surface area contributed by atoms with Gasteiger partial charge in [0.1, 0.15) is 0 Å². The third-order valence-corrected chi connectivity index (χ3v) is 3.07. The minimum absolute atomic E-state index is 0.361. The summed E-state index contributed by atoms with van der Waals surface area (Å²) in [6.45, 7) is 6.00. The molecule has 1 N–H and O–H groups in total. The SMILES string of the molecule is C=C(C)CC1CCC(CC(=O)O)CC1. The standard InChI is InChI=1S/C12H20O2/c1-9(2)7-10-3-5-11(6-4-10)8-12(13)14/h10-11H,1,3-8H2,2H3,(H,13,14). The fourth-order valence-corrected chi connectivity index (χ4v) is 2.38. The Kier molecular flexibility index (Phi) is 4.18. The predicted molar refractivity (Wildman–Crippen MR) is 57.1 cm³/mol. The Labute approximate surface area is 86.0 Å². The van der Waals surface area contributed by atoms with Crippen LogP contribution in [0.2, 0.25) is 0 Å². The van der Waals surface area contributed by atoms with E-state index in [-0.39, 0.29) is 0 Å². The van der Waals surface area contributed by atoms with Crippen LogP contribution >= 0.6 is 0 Å². The number of aliphatic carboxylic acids is 1. The van der Waals surface area contributed by atoms with Crippen molar-refractivity contribution in [3.05, 3.63) is 12.2 Å². The number of hydrogen-bond acceptors (Lipinski definition) is 1. The van der Waals surface area contributed by atoms with Crippen LogP contribution in [0.3, 0.4) is 0 Å². The van der Waals surface area contributed by atoms with Gasteiger partial charge in [-0.25, -0.2) is 0 Å². The lowest BCUT2D eigenvalue weighted by Gasteiger charge is -2.27. The van der Waals surface area contributed by atoms with Crippen molar-refractivity contribution in [2.75, 3.05) is 0 Å². The highest BCUT2D eigenvalue weighted by molar-refractivity contribution is 5.67. The zero-order chi connectivity index (χ0) is 10.6. The van der Waals surface area contributed by atoms with E-state index in [0.717, 1.165) is 25.2 Å². The largest absolute Gasteiger partial charge is 0.481 e. The molecule has 0 bridgehead atoms. The average Bonchev–Trinajstić information content (AvgIpc) is 2.06. The minimum atomic E-state index is -0.645. The van der Waals surface area contributed by atoms with Gasteiger partial charge < -0.3 is 5.11 Å². The molecule has 1 aliphatic rings. The summed E-state index contributed by atoms with van der Waals surface area (Å²) in [4.78, 5) is 10.5. The molecule has 0 aromatic carbocycles. The van der Waals surface area contributed by atoms with Crippen molar-refractivity contribution in [2.24, 2.45) is 11.8 Å². The van der Waals surface area contributed by atoms with E-state index in [9.17, 15) is 4.79 Å². The topological polar surface area (TPSA) is 37.3 Å². The normalized spacial score (nSPS) is 27.2. The van der Waals surface area contributed by atoms with Crippen LogP contribution in [0.4, 0.5) is 0 Å². The monoisotopic (exact) mass is 196 g/mol. The van der Waals surface area contributed by atoms with Crippen LogP contribution in [0.1, 0.15) is 45.4 Å². The third-order valence-electron chi connectivity index (χ3n) is 3.07. The summed E-state index contributed by atoms with van der Waals surface area (Å²) in [6.07, 6.45) is 6.03. The molecular weight excluding hydrogens is 176 g/mol. The molecule has 14 heavy (non-hydrogen) atoms. The van der Waals surface area contributed by atoms with Gasteiger partial charge in [0.25, 0.3) is 0 Å². The molecule has 1 aliphatic carbocycles. The van der Waals surface area contributed by atoms with Gasteiger partial charge >= 0.3 is 5.97 Å². The second kappa shape index (κ2) is 5.18. The second-order valence-electron chi connectivity index (χ2n) is 4.65. The number of rotatable bonds is 4. The maximum absolute atomic E-state index is 10.5. The van der Waals surface area contributed by atoms with Crippen molar-refractivity contribution in [3.63, 3.8) is 0 Å². The number of allylic oxidation sites excluding steroid dienone is 1. The quantitative estimate of drug-likeness (QED) is 0.701. The van der Waals surface area contributed by atoms with Crippen LogP contribution in [-0.4, -0.2) is 11.1 Å². The van der Waals surface area contributed by atoms with E-state index >= 15 is 0 Å². The van der Waals surface area contributed by atoms with E-state index in [4.69, 9.17) is 5.11 Å². The first kappa shape index (κ1) is 11.3. The van der Waals surface area contributed by atoms with Crippen LogP contribution in [-0.2, 0) is 4.79 Å². The van der Waals surface area contributed by atoms with Crippen molar-refractivity contribution >= 4 is 5.97 Å². The first-order chi connectivity index (χ1) is 6.58. The molecule has 0 amide bonds. The van der Waals surface area contributed by atoms with Gasteiger partial charge in [0, 0.05) is 6.42 Å². The third kappa shape index (κ3) is 3.95. The second-order valence-corrected chi connectivity index (χ2v) is 4.65. The highest BCUT2D eigenvalue weighted by Gasteiger charge is 2.22. The molecule has 0 atom stereocenters. The van der Waals surface area contributed by atoms with E-state index in [1.54, 1.807) is 0 Å². The lowest BCUT2D eigenvalue weighted by atomic mass is 9.78. The van der Waals surface area contributed by atoms with Gasteiger partial charge in [0.15, 0.2) is 0 Å². The summed E-state index contributed by atoms with van der Waals surface area (Å²) in [5.74, 6) is 0.541. The van der Waals surface area contributed by atoms with E-state index in [1.165, 1.54) is 18.4 Å². The summed E-state index contributed by atoms with van der Waals surface area (Å²) in [5, 5.41) is 8.66. The van der Waals surface area contributed by atoms with Crippen LogP contribution in [0.15, 0.2) is 12.2 Å². The Balaban J connectivity index is 2.24. The van der Waals surface area contributed by atoms with E-state index < -0.39 is 5.97 Å². The number of carboxylic acids is 1. The van der Waals surface area contributed by atoms with E-state index in [1.807, 2.05) is 0 Å². The maximum atomic E-state index is 10.5. The molecule has 0 unspecified atom stereocenters. The fourth-order valence-electron chi connectivity index (χ4n) is 2.38. The van der Waals surface area contributed by atoms with Gasteiger partial charge in [-0.05, 0) is 50.9 Å². The Morgan fingerprint density at radius 1 is 1.21 bits per heavy atom. The fraction of sp³-hybridized carbons (Fsp3) is 0.750. The Hall–Kier alpha value is -0.790. The summed E-state index contributed by atoms with van der Waals surface area (Å²) in [6, 6.07) is 0. The molecular formula is C12H20O2. The number of hydrogen-bond donors (Lipinski definition) is 1. The Bertz CT molecular complexity index is 188. The van der Waals surface area contributed by atoms with Crippen molar-refractivity contribution < 1.29 is 9.90 Å². The first-order valence-electron chi connectivity index (χ1n) is 5.44. The minimum Gasteiger partial charge on any atom is -0.481 e. The van der Waals surface area contributed by atoms with Crippen molar-refractivity contribution in [2.45, 2.75) is 45.4 Å². The van der Waals surface area contributed by atoms with Gasteiger partial charge in [-0.1, -0.05) is 5.57 Å². The first-order valence-corrected chi connectivity index (χ1v) is 5.44. The molecule has 2 nitrogen and oxygen atoms in total. The Morgan fingerprint density at radius 3 is 2.00 bits per heavy atom. The van der Waals surface area contributed by atoms with Gasteiger partial charge in [-0.3, -0.25) is 4.79 Å². The van der Waals surface area contributed by atoms with E-state index in [2.05, 4.69) is 13.5 Å². The molecule has 0 aliphatic heterocycles. The van der Waals surface area contributed by atoms with Crippen LogP contribution in [0.25, 0.3) is 0 Å². The van der Waals surface area contributed by atoms with Crippen molar-refractivity contribution in [1.29, 1.82) is 0 Å². The molecule has 0 heterocycles. The van der Waals surface area contributed by atoms with Gasteiger partial charge in [0.05, 0.1) is 0 Å². The molecule has 0 radical (unpaired) electrons. The highest BCUT2D eigenvalue weighted by Crippen LogP contribution is 2.33. The lowest BCUT2D eigenvalue weighted by Crippen LogP contribution is -2.17. The van der Waals surface area contributed by atoms with Crippen LogP contribution in [0.5, 0.6) is 0 Å². The molecule has 1 rings (SSSR count). The van der Waals surface area contributed by atoms with Crippen molar-refractivity contribution in [3.8, 4) is 0 Å². The summed E-state index contributed by atoms with van der Waals surface area (Å²) in [7, 11) is 0. The van der Waals surface area contributed by atoms with Crippen LogP contribution < -0.4 is 0 Å². The lowest BCUT2D eigenvalue weighted by molar-refractivity contribution is -0.138. The molecule has 0 aromatic rings. The molecule has 1 fully saturated rings. The molecule has 80 valence electrons. The maximum Gasteiger partial charge on any atom is 0.303 e. The van der Waals surface area contributed by atoms with E-state index in [0.29, 0.717) is 12.3 Å². The molecule has 1 saturated carbocycles. The van der Waals surface area contributed by atoms with Gasteiger partial charge in [0.2, 0.25) is 0 Å². The summed E-state index contributed by atoms with van der Waals surface area (Å²) in [5.41, 5.74) is 1.26. The molecule has 0 spiro atoms. The zero-order valence-electron chi connectivity index (χ0n) is 8.96. The van der Waals surface area contributed by atoms with Crippen molar-refractivity contribution in [1.82, 2.24) is 0 Å². The number of carbonyl (C=O) groups is 1. The molecule has 2 heteroatoms. The zero-order valence-corrected chi connectivity index (χ0v) is 8.96.